The van der Waals surface area contributed by atoms with Crippen LogP contribution in [-0.4, -0.2) is 31.8 Å². The largest absolute Gasteiger partial charge is 0.351 e. The highest BCUT2D eigenvalue weighted by atomic mass is 32.1. The number of hydrogen-bond acceptors (Lipinski definition) is 5. The molecule has 7 nitrogen and oxygen atoms in total. The standard InChI is InChI=1S/C21H19N5O2S/c27-19(9-8-17-7-4-12-29-17)22-10-11-26-20-18(13-24-26)21(28)25(15-23-20)14-16-5-2-1-3-6-16/h1-9,12-13,15H,10-11,14H2,(H,22,27)/b9-8+. The van der Waals surface area contributed by atoms with Crippen LogP contribution in [0, 0.1) is 0 Å². The number of carbonyl (C=O) groups is 1. The van der Waals surface area contributed by atoms with E-state index >= 15 is 0 Å². The van der Waals surface area contributed by atoms with E-state index in [-0.39, 0.29) is 11.5 Å². The van der Waals surface area contributed by atoms with Gasteiger partial charge in [0.05, 0.1) is 19.3 Å². The van der Waals surface area contributed by atoms with Crippen molar-refractivity contribution in [1.82, 2.24) is 24.6 Å². The first-order valence-electron chi connectivity index (χ1n) is 9.15. The topological polar surface area (TPSA) is 81.8 Å². The molecular formula is C21H19N5O2S. The zero-order valence-corrected chi connectivity index (χ0v) is 16.4. The number of carbonyl (C=O) groups excluding carboxylic acids is 1. The van der Waals surface area contributed by atoms with Crippen molar-refractivity contribution < 1.29 is 4.79 Å². The van der Waals surface area contributed by atoms with E-state index in [0.29, 0.717) is 30.7 Å². The van der Waals surface area contributed by atoms with E-state index in [9.17, 15) is 9.59 Å². The fourth-order valence-corrected chi connectivity index (χ4v) is 3.56. The molecule has 0 aliphatic carbocycles. The van der Waals surface area contributed by atoms with E-state index in [1.54, 1.807) is 26.7 Å². The summed E-state index contributed by atoms with van der Waals surface area (Å²) in [5.41, 5.74) is 1.41. The highest BCUT2D eigenvalue weighted by Crippen LogP contribution is 2.10. The summed E-state index contributed by atoms with van der Waals surface area (Å²) >= 11 is 1.57. The first kappa shape index (κ1) is 18.8. The number of aromatic nitrogens is 4. The van der Waals surface area contributed by atoms with Gasteiger partial charge in [-0.1, -0.05) is 36.4 Å². The van der Waals surface area contributed by atoms with Crippen LogP contribution in [0.5, 0.6) is 0 Å². The number of thiophene rings is 1. The Kier molecular flexibility index (Phi) is 5.62. The van der Waals surface area contributed by atoms with Gasteiger partial charge in [0.25, 0.3) is 5.56 Å². The van der Waals surface area contributed by atoms with Crippen LogP contribution in [0.4, 0.5) is 0 Å². The molecule has 0 atom stereocenters. The van der Waals surface area contributed by atoms with Crippen LogP contribution in [0.2, 0.25) is 0 Å². The van der Waals surface area contributed by atoms with Gasteiger partial charge in [0.2, 0.25) is 5.91 Å². The summed E-state index contributed by atoms with van der Waals surface area (Å²) in [6.07, 6.45) is 6.36. The molecule has 0 saturated carbocycles. The SMILES string of the molecule is O=C(/C=C/c1cccs1)NCCn1ncc2c(=O)n(Cc3ccccc3)cnc21. The average molecular weight is 405 g/mol. The van der Waals surface area contributed by atoms with E-state index in [1.807, 2.05) is 47.8 Å². The number of nitrogens with zero attached hydrogens (tertiary/aromatic N) is 4. The number of fused-ring (bicyclic) bond motifs is 1. The average Bonchev–Trinajstić information content (AvgIpc) is 3.40. The fraction of sp³-hybridized carbons (Fsp3) is 0.143. The smallest absolute Gasteiger partial charge is 0.264 e. The summed E-state index contributed by atoms with van der Waals surface area (Å²) < 4.78 is 3.20. The maximum Gasteiger partial charge on any atom is 0.264 e. The first-order valence-corrected chi connectivity index (χ1v) is 10.0. The van der Waals surface area contributed by atoms with Crippen molar-refractivity contribution >= 4 is 34.4 Å². The van der Waals surface area contributed by atoms with Gasteiger partial charge >= 0.3 is 0 Å². The summed E-state index contributed by atoms with van der Waals surface area (Å²) in [4.78, 5) is 30.1. The van der Waals surface area contributed by atoms with Gasteiger partial charge in [0.1, 0.15) is 11.7 Å². The third-order valence-electron chi connectivity index (χ3n) is 4.38. The molecule has 0 bridgehead atoms. The summed E-state index contributed by atoms with van der Waals surface area (Å²) in [6, 6.07) is 13.6. The quantitative estimate of drug-likeness (QED) is 0.479. The van der Waals surface area contributed by atoms with Crippen molar-refractivity contribution in [2.45, 2.75) is 13.1 Å². The van der Waals surface area contributed by atoms with Gasteiger partial charge in [-0.15, -0.1) is 11.3 Å². The van der Waals surface area contributed by atoms with Gasteiger partial charge in [0.15, 0.2) is 5.65 Å². The molecule has 1 aromatic carbocycles. The molecule has 0 fully saturated rings. The molecule has 4 rings (SSSR count). The molecule has 4 aromatic rings. The Balaban J connectivity index is 1.40. The second kappa shape index (κ2) is 8.66. The van der Waals surface area contributed by atoms with Crippen molar-refractivity contribution in [2.24, 2.45) is 0 Å². The Morgan fingerprint density at radius 1 is 1.17 bits per heavy atom. The lowest BCUT2D eigenvalue weighted by Gasteiger charge is -2.07. The van der Waals surface area contributed by atoms with Crippen LogP contribution in [0.25, 0.3) is 17.1 Å². The molecular weight excluding hydrogens is 386 g/mol. The van der Waals surface area contributed by atoms with Crippen LogP contribution in [-0.2, 0) is 17.9 Å². The van der Waals surface area contributed by atoms with Crippen molar-refractivity contribution in [2.75, 3.05) is 6.54 Å². The van der Waals surface area contributed by atoms with E-state index < -0.39 is 0 Å². The van der Waals surface area contributed by atoms with Gasteiger partial charge in [-0.3, -0.25) is 14.2 Å². The van der Waals surface area contributed by atoms with Gasteiger partial charge in [-0.2, -0.15) is 5.10 Å². The number of amides is 1. The molecule has 0 unspecified atom stereocenters. The van der Waals surface area contributed by atoms with Crippen molar-refractivity contribution in [3.05, 3.63) is 87.2 Å². The Bertz CT molecular complexity index is 1190. The predicted molar refractivity (Wildman–Crippen MR) is 114 cm³/mol. The summed E-state index contributed by atoms with van der Waals surface area (Å²) in [7, 11) is 0. The number of nitrogens with one attached hydrogen (secondary N) is 1. The zero-order chi connectivity index (χ0) is 20.1. The van der Waals surface area contributed by atoms with Gasteiger partial charge in [-0.05, 0) is 23.1 Å². The number of benzene rings is 1. The molecule has 0 aliphatic heterocycles. The molecule has 8 heteroatoms. The van der Waals surface area contributed by atoms with Gasteiger partial charge in [0, 0.05) is 17.5 Å². The Labute approximate surface area is 170 Å². The molecule has 29 heavy (non-hydrogen) atoms. The normalized spacial score (nSPS) is 11.3. The summed E-state index contributed by atoms with van der Waals surface area (Å²) in [5, 5.41) is 9.50. The highest BCUT2D eigenvalue weighted by Gasteiger charge is 2.10. The lowest BCUT2D eigenvalue weighted by atomic mass is 10.2. The van der Waals surface area contributed by atoms with E-state index in [4.69, 9.17) is 0 Å². The molecule has 0 radical (unpaired) electrons. The Morgan fingerprint density at radius 3 is 2.83 bits per heavy atom. The number of hydrogen-bond donors (Lipinski definition) is 1. The van der Waals surface area contributed by atoms with Gasteiger partial charge in [-0.25, -0.2) is 9.67 Å². The summed E-state index contributed by atoms with van der Waals surface area (Å²) in [6.45, 7) is 1.27. The molecule has 1 N–H and O–H groups in total. The minimum absolute atomic E-state index is 0.131. The van der Waals surface area contributed by atoms with E-state index in [2.05, 4.69) is 15.4 Å². The summed E-state index contributed by atoms with van der Waals surface area (Å²) in [5.74, 6) is -0.173. The Hall–Kier alpha value is -3.52. The van der Waals surface area contributed by atoms with Gasteiger partial charge < -0.3 is 5.32 Å². The minimum Gasteiger partial charge on any atom is -0.351 e. The third kappa shape index (κ3) is 4.49. The van der Waals surface area contributed by atoms with Crippen LogP contribution >= 0.6 is 11.3 Å². The van der Waals surface area contributed by atoms with E-state index in [0.717, 1.165) is 10.4 Å². The lowest BCUT2D eigenvalue weighted by molar-refractivity contribution is -0.116. The number of rotatable bonds is 7. The minimum atomic E-state index is -0.173. The molecule has 3 aromatic heterocycles. The van der Waals surface area contributed by atoms with Crippen molar-refractivity contribution in [3.8, 4) is 0 Å². The molecule has 0 spiro atoms. The Morgan fingerprint density at radius 2 is 2.03 bits per heavy atom. The van der Waals surface area contributed by atoms with Crippen LogP contribution in [0.15, 0.2) is 71.2 Å². The van der Waals surface area contributed by atoms with Crippen molar-refractivity contribution in [3.63, 3.8) is 0 Å². The molecule has 0 aliphatic rings. The second-order valence-corrected chi connectivity index (χ2v) is 7.39. The predicted octanol–water partition coefficient (Wildman–Crippen LogP) is 2.53. The molecule has 3 heterocycles. The van der Waals surface area contributed by atoms with E-state index in [1.165, 1.54) is 18.6 Å². The monoisotopic (exact) mass is 405 g/mol. The first-order chi connectivity index (χ1) is 14.2. The molecule has 1 amide bonds. The second-order valence-electron chi connectivity index (χ2n) is 6.41. The maximum absolute atomic E-state index is 12.7. The maximum atomic E-state index is 12.7. The van der Waals surface area contributed by atoms with Crippen LogP contribution in [0.3, 0.4) is 0 Å². The highest BCUT2D eigenvalue weighted by molar-refractivity contribution is 7.10. The zero-order valence-electron chi connectivity index (χ0n) is 15.6. The molecule has 0 saturated heterocycles. The fourth-order valence-electron chi connectivity index (χ4n) is 2.94. The van der Waals surface area contributed by atoms with Crippen LogP contribution < -0.4 is 10.9 Å². The van der Waals surface area contributed by atoms with Crippen molar-refractivity contribution in [1.29, 1.82) is 0 Å². The van der Waals surface area contributed by atoms with Crippen LogP contribution in [0.1, 0.15) is 10.4 Å². The lowest BCUT2D eigenvalue weighted by Crippen LogP contribution is -2.26. The molecule has 146 valence electrons. The third-order valence-corrected chi connectivity index (χ3v) is 5.22.